The zero-order chi connectivity index (χ0) is 32.9. The first-order chi connectivity index (χ1) is 23.1. The molecule has 2 bridgehead atoms. The summed E-state index contributed by atoms with van der Waals surface area (Å²) in [6.45, 7) is 2.86. The van der Waals surface area contributed by atoms with Gasteiger partial charge >= 0.3 is 6.01 Å². The second-order valence-electron chi connectivity index (χ2n) is 13.7. The van der Waals surface area contributed by atoms with E-state index >= 15 is 4.39 Å². The number of alkyl halides is 1. The molecular formula is C31H35F3N8O4S2. The Morgan fingerprint density at radius 3 is 2.71 bits per heavy atom. The van der Waals surface area contributed by atoms with Crippen LogP contribution in [-0.2, 0) is 14.8 Å². The first-order valence-corrected chi connectivity index (χ1v) is 18.7. The zero-order valence-corrected chi connectivity index (χ0v) is 27.6. The summed E-state index contributed by atoms with van der Waals surface area (Å²) in [5.74, 6) is -1.41. The van der Waals surface area contributed by atoms with Crippen LogP contribution in [0, 0.1) is 11.7 Å². The fraction of sp³-hybridized carbons (Fsp3) is 0.581. The molecule has 4 atom stereocenters. The monoisotopic (exact) mass is 704 g/mol. The maximum absolute atomic E-state index is 17.4. The van der Waals surface area contributed by atoms with Crippen LogP contribution < -0.4 is 20.7 Å². The lowest BCUT2D eigenvalue weighted by Gasteiger charge is -2.47. The van der Waals surface area contributed by atoms with Gasteiger partial charge in [0.15, 0.2) is 21.7 Å². The van der Waals surface area contributed by atoms with Crippen molar-refractivity contribution < 1.29 is 31.1 Å². The standard InChI is InChI=1S/C31H35F3N8O4S2/c32-17-8-31(6-1-7-40(31)12-17)15-46-30-38-24-22(34)25(20-4-5-21(33)26-23(20)37-29(35)47-26)41(11-16-2-3-16)48(43,44)27(24)28(39-30)42-18-9-36-10-19(42)14-45-13-18/h4-5,16-19,36H,1-3,6-15H2,(H2,35,37)/t17-,18?,19?,31+/m1/s1. The summed E-state index contributed by atoms with van der Waals surface area (Å²) in [5.41, 5.74) is 4.91. The molecule has 3 N–H and O–H groups in total. The third-order valence-electron chi connectivity index (χ3n) is 10.6. The molecule has 6 aliphatic rings. The Kier molecular flexibility index (Phi) is 7.14. The highest BCUT2D eigenvalue weighted by molar-refractivity contribution is 7.89. The first-order valence-electron chi connectivity index (χ1n) is 16.4. The van der Waals surface area contributed by atoms with Crippen LogP contribution in [-0.4, -0.2) is 109 Å². The van der Waals surface area contributed by atoms with Crippen molar-refractivity contribution >= 4 is 54.1 Å². The third-order valence-corrected chi connectivity index (χ3v) is 13.3. The molecule has 0 spiro atoms. The maximum Gasteiger partial charge on any atom is 0.319 e. The molecule has 256 valence electrons. The number of nitrogen functional groups attached to an aromatic ring is 1. The van der Waals surface area contributed by atoms with E-state index in [2.05, 4.69) is 20.2 Å². The normalized spacial score (nSPS) is 29.9. The lowest BCUT2D eigenvalue weighted by molar-refractivity contribution is 0.0516. The van der Waals surface area contributed by atoms with Crippen molar-refractivity contribution in [1.82, 2.24) is 29.5 Å². The van der Waals surface area contributed by atoms with Crippen LogP contribution >= 0.6 is 11.3 Å². The van der Waals surface area contributed by atoms with Gasteiger partial charge in [-0.2, -0.15) is 9.97 Å². The SMILES string of the molecule is Nc1nc2c(C3=C(F)c4nc(OC[C@@]56CCCN5C[C@H](F)C6)nc(N5C6CNCC5COC6)c4S(=O)(=O)N3CC3CC3)ccc(F)c2s1. The minimum Gasteiger partial charge on any atom is -0.461 e. The highest BCUT2D eigenvalue weighted by atomic mass is 32.2. The number of benzene rings is 1. The number of ether oxygens (including phenoxy) is 2. The van der Waals surface area contributed by atoms with E-state index in [-0.39, 0.29) is 74.5 Å². The molecule has 3 aromatic rings. The summed E-state index contributed by atoms with van der Waals surface area (Å²) < 4.78 is 90.0. The van der Waals surface area contributed by atoms with E-state index in [9.17, 15) is 17.2 Å². The molecule has 1 aromatic carbocycles. The molecule has 12 nitrogen and oxygen atoms in total. The predicted octanol–water partition coefficient (Wildman–Crippen LogP) is 3.15. The third kappa shape index (κ3) is 4.79. The average molecular weight is 705 g/mol. The Morgan fingerprint density at radius 2 is 1.94 bits per heavy atom. The number of anilines is 2. The van der Waals surface area contributed by atoms with E-state index in [4.69, 9.17) is 20.2 Å². The number of thiazole rings is 1. The van der Waals surface area contributed by atoms with Crippen LogP contribution in [0.15, 0.2) is 17.0 Å². The molecule has 17 heteroatoms. The Hall–Kier alpha value is -3.25. The van der Waals surface area contributed by atoms with Crippen molar-refractivity contribution in [1.29, 1.82) is 0 Å². The number of nitrogens with one attached hydrogen (secondary N) is 1. The Balaban J connectivity index is 1.25. The van der Waals surface area contributed by atoms with Gasteiger partial charge in [0.2, 0.25) is 0 Å². The molecular weight excluding hydrogens is 670 g/mol. The number of hydrogen-bond acceptors (Lipinski definition) is 12. The maximum atomic E-state index is 17.4. The van der Waals surface area contributed by atoms with Gasteiger partial charge in [0, 0.05) is 38.2 Å². The summed E-state index contributed by atoms with van der Waals surface area (Å²) >= 11 is 0.908. The van der Waals surface area contributed by atoms with Crippen LogP contribution in [0.4, 0.5) is 24.1 Å². The van der Waals surface area contributed by atoms with Crippen molar-refractivity contribution in [2.75, 3.05) is 63.2 Å². The topological polar surface area (TPSA) is 139 Å². The number of hydrogen-bond donors (Lipinski definition) is 2. The van der Waals surface area contributed by atoms with E-state index in [1.165, 1.54) is 12.1 Å². The van der Waals surface area contributed by atoms with Crippen molar-refractivity contribution in [2.45, 2.75) is 60.8 Å². The van der Waals surface area contributed by atoms with Gasteiger partial charge in [0.25, 0.3) is 10.0 Å². The van der Waals surface area contributed by atoms with Crippen molar-refractivity contribution in [2.24, 2.45) is 5.92 Å². The minimum atomic E-state index is -4.48. The fourth-order valence-electron chi connectivity index (χ4n) is 8.18. The Bertz CT molecular complexity index is 1940. The molecule has 9 rings (SSSR count). The number of aromatic nitrogens is 3. The van der Waals surface area contributed by atoms with Gasteiger partial charge in [0.05, 0.1) is 46.8 Å². The highest BCUT2D eigenvalue weighted by Crippen LogP contribution is 2.49. The summed E-state index contributed by atoms with van der Waals surface area (Å²) in [5, 5.41) is 3.44. The van der Waals surface area contributed by atoms with Gasteiger partial charge in [-0.3, -0.25) is 9.21 Å². The summed E-state index contributed by atoms with van der Waals surface area (Å²) in [6.07, 6.45) is 2.57. The zero-order valence-electron chi connectivity index (χ0n) is 26.0. The molecule has 1 saturated carbocycles. The largest absolute Gasteiger partial charge is 0.461 e. The predicted molar refractivity (Wildman–Crippen MR) is 173 cm³/mol. The van der Waals surface area contributed by atoms with Crippen LogP contribution in [0.5, 0.6) is 6.01 Å². The average Bonchev–Trinajstić information content (AvgIpc) is 3.53. The molecule has 5 fully saturated rings. The lowest BCUT2D eigenvalue weighted by Crippen LogP contribution is -2.64. The Morgan fingerprint density at radius 1 is 1.15 bits per heavy atom. The molecule has 2 aromatic heterocycles. The lowest BCUT2D eigenvalue weighted by atomic mass is 9.95. The van der Waals surface area contributed by atoms with Gasteiger partial charge in [-0.15, -0.1) is 0 Å². The minimum absolute atomic E-state index is 0.0267. The summed E-state index contributed by atoms with van der Waals surface area (Å²) in [7, 11) is -4.48. The van der Waals surface area contributed by atoms with E-state index in [1.54, 1.807) is 0 Å². The Labute approximate surface area is 279 Å². The number of fused-ring (bicyclic) bond motifs is 5. The summed E-state index contributed by atoms with van der Waals surface area (Å²) in [4.78, 5) is 17.1. The number of sulfonamides is 1. The number of morpholine rings is 1. The van der Waals surface area contributed by atoms with Crippen LogP contribution in [0.2, 0.25) is 0 Å². The number of nitrogens with two attached hydrogens (primary N) is 1. The quantitative estimate of drug-likeness (QED) is 0.375. The molecule has 0 radical (unpaired) electrons. The number of piperazine rings is 1. The van der Waals surface area contributed by atoms with E-state index < -0.39 is 39.1 Å². The second kappa shape index (κ2) is 11.1. The molecule has 7 heterocycles. The number of rotatable bonds is 7. The highest BCUT2D eigenvalue weighted by Gasteiger charge is 2.51. The smallest absolute Gasteiger partial charge is 0.319 e. The van der Waals surface area contributed by atoms with E-state index in [0.717, 1.165) is 47.9 Å². The van der Waals surface area contributed by atoms with Gasteiger partial charge in [0.1, 0.15) is 24.3 Å². The first kappa shape index (κ1) is 30.8. The van der Waals surface area contributed by atoms with Gasteiger partial charge in [-0.1, -0.05) is 11.3 Å². The van der Waals surface area contributed by atoms with Gasteiger partial charge in [-0.25, -0.2) is 26.6 Å². The second-order valence-corrected chi connectivity index (χ2v) is 16.6. The molecule has 5 aliphatic heterocycles. The number of nitrogens with zero attached hydrogens (tertiary/aromatic N) is 6. The van der Waals surface area contributed by atoms with Crippen LogP contribution in [0.3, 0.4) is 0 Å². The van der Waals surface area contributed by atoms with Crippen molar-refractivity contribution in [3.8, 4) is 6.01 Å². The van der Waals surface area contributed by atoms with E-state index in [1.807, 2.05) is 4.90 Å². The van der Waals surface area contributed by atoms with Gasteiger partial charge in [-0.05, 0) is 50.3 Å². The number of halogens is 3. The molecule has 1 aliphatic carbocycles. The van der Waals surface area contributed by atoms with Crippen molar-refractivity contribution in [3.05, 3.63) is 29.2 Å². The fourth-order valence-corrected chi connectivity index (χ4v) is 10.8. The summed E-state index contributed by atoms with van der Waals surface area (Å²) in [6, 6.07) is 1.77. The van der Waals surface area contributed by atoms with Crippen LogP contribution in [0.1, 0.15) is 43.4 Å². The molecule has 2 unspecified atom stereocenters. The molecule has 48 heavy (non-hydrogen) atoms. The van der Waals surface area contributed by atoms with E-state index in [0.29, 0.717) is 39.3 Å². The van der Waals surface area contributed by atoms with Gasteiger partial charge < -0.3 is 25.4 Å². The van der Waals surface area contributed by atoms with Crippen molar-refractivity contribution in [3.63, 3.8) is 0 Å². The molecule has 0 amide bonds. The van der Waals surface area contributed by atoms with Crippen LogP contribution in [0.25, 0.3) is 21.7 Å². The molecule has 4 saturated heterocycles.